The summed E-state index contributed by atoms with van der Waals surface area (Å²) in [6.45, 7) is 0. The van der Waals surface area contributed by atoms with Crippen LogP contribution in [-0.4, -0.2) is 16.4 Å². The van der Waals surface area contributed by atoms with E-state index in [0.717, 1.165) is 17.3 Å². The van der Waals surface area contributed by atoms with Crippen molar-refractivity contribution in [1.82, 2.24) is 5.32 Å². The number of rotatable bonds is 4. The van der Waals surface area contributed by atoms with Gasteiger partial charge in [0.05, 0.1) is 5.25 Å². The van der Waals surface area contributed by atoms with Crippen LogP contribution in [0.3, 0.4) is 0 Å². The first-order chi connectivity index (χ1) is 10.6. The third-order valence-corrected chi connectivity index (χ3v) is 4.42. The molecular formula is C16H12ClNO3S. The van der Waals surface area contributed by atoms with Crippen LogP contribution < -0.4 is 10.1 Å². The lowest BCUT2D eigenvalue weighted by atomic mass is 10.1. The predicted molar refractivity (Wildman–Crippen MR) is 86.6 cm³/mol. The van der Waals surface area contributed by atoms with E-state index < -0.39 is 5.25 Å². The normalized spacial score (nSPS) is 17.4. The van der Waals surface area contributed by atoms with Gasteiger partial charge in [0.1, 0.15) is 11.5 Å². The molecule has 2 amide bonds. The van der Waals surface area contributed by atoms with E-state index in [-0.39, 0.29) is 11.1 Å². The first kappa shape index (κ1) is 14.9. The molecule has 1 heterocycles. The molecule has 0 radical (unpaired) electrons. The van der Waals surface area contributed by atoms with Crippen molar-refractivity contribution in [2.75, 3.05) is 0 Å². The Morgan fingerprint density at radius 2 is 1.82 bits per heavy atom. The third-order valence-electron chi connectivity index (χ3n) is 3.19. The summed E-state index contributed by atoms with van der Waals surface area (Å²) < 4.78 is 5.85. The molecule has 0 bridgehead atoms. The molecule has 1 atom stereocenters. The van der Waals surface area contributed by atoms with Crippen LogP contribution in [0.25, 0.3) is 0 Å². The lowest BCUT2D eigenvalue weighted by molar-refractivity contribution is -0.118. The molecule has 6 heteroatoms. The number of nitrogens with one attached hydrogen (secondary N) is 1. The third kappa shape index (κ3) is 3.43. The molecule has 3 rings (SSSR count). The van der Waals surface area contributed by atoms with E-state index in [1.54, 1.807) is 24.3 Å². The number of amides is 2. The van der Waals surface area contributed by atoms with Crippen molar-refractivity contribution in [2.24, 2.45) is 0 Å². The average molecular weight is 334 g/mol. The van der Waals surface area contributed by atoms with E-state index in [4.69, 9.17) is 16.3 Å². The van der Waals surface area contributed by atoms with E-state index in [1.165, 1.54) is 0 Å². The van der Waals surface area contributed by atoms with E-state index in [0.29, 0.717) is 22.9 Å². The molecule has 112 valence electrons. The van der Waals surface area contributed by atoms with Crippen LogP contribution in [0.15, 0.2) is 48.5 Å². The number of imide groups is 1. The standard InChI is InChI=1S/C16H12ClNO3S/c17-11-5-7-12(8-6-11)21-13-4-2-1-3-10(13)9-14-15(19)18-16(20)22-14/h1-8,14H,9H2,(H,18,19,20). The first-order valence-electron chi connectivity index (χ1n) is 6.64. The Morgan fingerprint density at radius 3 is 2.50 bits per heavy atom. The molecule has 2 aromatic rings. The zero-order chi connectivity index (χ0) is 15.5. The summed E-state index contributed by atoms with van der Waals surface area (Å²) in [5.41, 5.74) is 0.875. The summed E-state index contributed by atoms with van der Waals surface area (Å²) in [6.07, 6.45) is 0.437. The Hall–Kier alpha value is -1.98. The van der Waals surface area contributed by atoms with Crippen LogP contribution in [0.4, 0.5) is 4.79 Å². The van der Waals surface area contributed by atoms with E-state index >= 15 is 0 Å². The number of ether oxygens (including phenoxy) is 1. The molecule has 1 aliphatic rings. The molecule has 1 saturated heterocycles. The average Bonchev–Trinajstić information content (AvgIpc) is 2.81. The van der Waals surface area contributed by atoms with Crippen LogP contribution in [0, 0.1) is 0 Å². The van der Waals surface area contributed by atoms with Gasteiger partial charge in [-0.15, -0.1) is 0 Å². The van der Waals surface area contributed by atoms with Crippen molar-refractivity contribution in [1.29, 1.82) is 0 Å². The van der Waals surface area contributed by atoms with Gasteiger partial charge in [-0.3, -0.25) is 14.9 Å². The van der Waals surface area contributed by atoms with Gasteiger partial charge < -0.3 is 4.74 Å². The fourth-order valence-electron chi connectivity index (χ4n) is 2.13. The van der Waals surface area contributed by atoms with Crippen LogP contribution in [0.2, 0.25) is 5.02 Å². The number of carbonyl (C=O) groups is 2. The van der Waals surface area contributed by atoms with Gasteiger partial charge in [0.25, 0.3) is 5.24 Å². The minimum Gasteiger partial charge on any atom is -0.457 e. The summed E-state index contributed by atoms with van der Waals surface area (Å²) in [4.78, 5) is 22.9. The van der Waals surface area contributed by atoms with Crippen LogP contribution in [0.5, 0.6) is 11.5 Å². The van der Waals surface area contributed by atoms with Gasteiger partial charge in [-0.25, -0.2) is 0 Å². The van der Waals surface area contributed by atoms with Crippen molar-refractivity contribution < 1.29 is 14.3 Å². The second kappa shape index (κ2) is 6.42. The van der Waals surface area contributed by atoms with Gasteiger partial charge in [-0.2, -0.15) is 0 Å². The van der Waals surface area contributed by atoms with Crippen molar-refractivity contribution in [3.63, 3.8) is 0 Å². The summed E-state index contributed by atoms with van der Waals surface area (Å²) in [6, 6.07) is 14.5. The zero-order valence-electron chi connectivity index (χ0n) is 11.4. The minimum absolute atomic E-state index is 0.253. The lowest BCUT2D eigenvalue weighted by Gasteiger charge is -2.12. The highest BCUT2D eigenvalue weighted by Crippen LogP contribution is 2.30. The van der Waals surface area contributed by atoms with Crippen molar-refractivity contribution >= 4 is 34.5 Å². The van der Waals surface area contributed by atoms with Crippen LogP contribution in [-0.2, 0) is 11.2 Å². The molecule has 1 fully saturated rings. The highest BCUT2D eigenvalue weighted by molar-refractivity contribution is 8.15. The SMILES string of the molecule is O=C1NC(=O)C(Cc2ccccc2Oc2ccc(Cl)cc2)S1. The van der Waals surface area contributed by atoms with Crippen LogP contribution in [0.1, 0.15) is 5.56 Å². The second-order valence-electron chi connectivity index (χ2n) is 4.75. The number of hydrogen-bond donors (Lipinski definition) is 1. The second-order valence-corrected chi connectivity index (χ2v) is 6.36. The summed E-state index contributed by atoms with van der Waals surface area (Å²) in [7, 11) is 0. The fourth-order valence-corrected chi connectivity index (χ4v) is 3.10. The van der Waals surface area contributed by atoms with Gasteiger partial charge in [-0.05, 0) is 42.3 Å². The molecular weight excluding hydrogens is 322 g/mol. The maximum absolute atomic E-state index is 11.7. The fraction of sp³-hybridized carbons (Fsp3) is 0.125. The highest BCUT2D eigenvalue weighted by atomic mass is 35.5. The van der Waals surface area contributed by atoms with Gasteiger partial charge in [-0.1, -0.05) is 41.6 Å². The molecule has 0 aromatic heterocycles. The minimum atomic E-state index is -0.414. The number of thioether (sulfide) groups is 1. The molecule has 1 aliphatic heterocycles. The number of carbonyl (C=O) groups excluding carboxylic acids is 2. The number of hydrogen-bond acceptors (Lipinski definition) is 4. The van der Waals surface area contributed by atoms with Crippen molar-refractivity contribution in [3.05, 3.63) is 59.1 Å². The largest absolute Gasteiger partial charge is 0.457 e. The Labute approximate surface area is 136 Å². The Bertz CT molecular complexity index is 718. The van der Waals surface area contributed by atoms with Gasteiger partial charge in [0.15, 0.2) is 0 Å². The van der Waals surface area contributed by atoms with Gasteiger partial charge in [0, 0.05) is 5.02 Å². The molecule has 4 nitrogen and oxygen atoms in total. The van der Waals surface area contributed by atoms with E-state index in [9.17, 15) is 9.59 Å². The van der Waals surface area contributed by atoms with Gasteiger partial charge >= 0.3 is 0 Å². The highest BCUT2D eigenvalue weighted by Gasteiger charge is 2.32. The molecule has 0 spiro atoms. The molecule has 2 aromatic carbocycles. The van der Waals surface area contributed by atoms with E-state index in [2.05, 4.69) is 5.32 Å². The smallest absolute Gasteiger partial charge is 0.286 e. The quantitative estimate of drug-likeness (QED) is 0.918. The molecule has 1 N–H and O–H groups in total. The first-order valence-corrected chi connectivity index (χ1v) is 7.90. The predicted octanol–water partition coefficient (Wildman–Crippen LogP) is 4.03. The molecule has 0 saturated carbocycles. The lowest BCUT2D eigenvalue weighted by Crippen LogP contribution is -2.25. The maximum atomic E-state index is 11.7. The summed E-state index contributed by atoms with van der Waals surface area (Å²) in [5.74, 6) is 1.07. The van der Waals surface area contributed by atoms with Crippen molar-refractivity contribution in [3.8, 4) is 11.5 Å². The summed E-state index contributed by atoms with van der Waals surface area (Å²) in [5, 5.41) is 2.22. The van der Waals surface area contributed by atoms with Crippen molar-refractivity contribution in [2.45, 2.75) is 11.7 Å². The number of halogens is 1. The molecule has 22 heavy (non-hydrogen) atoms. The van der Waals surface area contributed by atoms with Crippen LogP contribution >= 0.6 is 23.4 Å². The Kier molecular flexibility index (Phi) is 4.36. The number of benzene rings is 2. The van der Waals surface area contributed by atoms with Gasteiger partial charge in [0.2, 0.25) is 5.91 Å². The Morgan fingerprint density at radius 1 is 1.09 bits per heavy atom. The Balaban J connectivity index is 1.79. The topological polar surface area (TPSA) is 55.4 Å². The maximum Gasteiger partial charge on any atom is 0.286 e. The monoisotopic (exact) mass is 333 g/mol. The molecule has 0 aliphatic carbocycles. The number of para-hydroxylation sites is 1. The summed E-state index contributed by atoms with van der Waals surface area (Å²) >= 11 is 6.87. The van der Waals surface area contributed by atoms with E-state index in [1.807, 2.05) is 24.3 Å². The molecule has 1 unspecified atom stereocenters. The zero-order valence-corrected chi connectivity index (χ0v) is 13.0.